The number of nitrogens with two attached hydrogens (primary N) is 1. The molecule has 0 bridgehead atoms. The number of rotatable bonds is 3. The summed E-state index contributed by atoms with van der Waals surface area (Å²) in [6.45, 7) is 2.06. The van der Waals surface area contributed by atoms with Crippen molar-refractivity contribution in [3.8, 4) is 0 Å². The third-order valence-corrected chi connectivity index (χ3v) is 3.87. The minimum Gasteiger partial charge on any atom is -0.324 e. The normalized spacial score (nSPS) is 12.4. The van der Waals surface area contributed by atoms with Gasteiger partial charge in [0.1, 0.15) is 5.82 Å². The van der Waals surface area contributed by atoms with Crippen LogP contribution in [0.5, 0.6) is 0 Å². The number of hydrogen-bond donors (Lipinski definition) is 1. The maximum absolute atomic E-state index is 13.0. The summed E-state index contributed by atoms with van der Waals surface area (Å²) in [5.41, 5.74) is 9.63. The quantitative estimate of drug-likeness (QED) is 0.829. The molecule has 0 fully saturated rings. The third-order valence-electron chi connectivity index (χ3n) is 2.94. The first kappa shape index (κ1) is 13.5. The van der Waals surface area contributed by atoms with Crippen LogP contribution in [0.1, 0.15) is 22.7 Å². The summed E-state index contributed by atoms with van der Waals surface area (Å²) in [5.74, 6) is -0.217. The summed E-state index contributed by atoms with van der Waals surface area (Å²) in [4.78, 5) is 0. The first-order valence-electron chi connectivity index (χ1n) is 5.82. The summed E-state index contributed by atoms with van der Waals surface area (Å²) in [5, 5.41) is 0. The first-order chi connectivity index (χ1) is 8.56. The van der Waals surface area contributed by atoms with Gasteiger partial charge in [-0.25, -0.2) is 4.39 Å². The first-order valence-corrected chi connectivity index (χ1v) is 6.90. The van der Waals surface area contributed by atoms with E-state index in [4.69, 9.17) is 5.73 Å². The maximum atomic E-state index is 13.0. The highest BCUT2D eigenvalue weighted by atomic mass is 127. The van der Waals surface area contributed by atoms with Gasteiger partial charge in [-0.3, -0.25) is 0 Å². The van der Waals surface area contributed by atoms with Crippen LogP contribution >= 0.6 is 22.6 Å². The summed E-state index contributed by atoms with van der Waals surface area (Å²) in [6, 6.07) is 13.0. The van der Waals surface area contributed by atoms with E-state index >= 15 is 0 Å². The highest BCUT2D eigenvalue weighted by Crippen LogP contribution is 2.22. The van der Waals surface area contributed by atoms with E-state index in [1.165, 1.54) is 23.3 Å². The van der Waals surface area contributed by atoms with Crippen LogP contribution in [0.25, 0.3) is 0 Å². The van der Waals surface area contributed by atoms with Gasteiger partial charge in [0.15, 0.2) is 0 Å². The molecule has 0 aliphatic rings. The Morgan fingerprint density at radius 3 is 2.44 bits per heavy atom. The molecule has 0 aliphatic heterocycles. The summed E-state index contributed by atoms with van der Waals surface area (Å²) < 4.78 is 13.9. The molecule has 2 aromatic carbocycles. The molecule has 0 aliphatic carbocycles. The van der Waals surface area contributed by atoms with Crippen molar-refractivity contribution in [2.24, 2.45) is 5.73 Å². The Morgan fingerprint density at radius 1 is 1.17 bits per heavy atom. The largest absolute Gasteiger partial charge is 0.324 e. The molecule has 1 unspecified atom stereocenters. The molecule has 0 heterocycles. The lowest BCUT2D eigenvalue weighted by atomic mass is 9.99. The predicted molar refractivity (Wildman–Crippen MR) is 80.9 cm³/mol. The van der Waals surface area contributed by atoms with E-state index < -0.39 is 0 Å². The van der Waals surface area contributed by atoms with Crippen molar-refractivity contribution in [3.63, 3.8) is 0 Å². The Bertz CT molecular complexity index is 537. The second kappa shape index (κ2) is 5.80. The summed E-state index contributed by atoms with van der Waals surface area (Å²) in [7, 11) is 0. The number of benzene rings is 2. The lowest BCUT2D eigenvalue weighted by Crippen LogP contribution is -2.14. The average Bonchev–Trinajstić information content (AvgIpc) is 2.32. The molecular weight excluding hydrogens is 340 g/mol. The van der Waals surface area contributed by atoms with E-state index in [2.05, 4.69) is 53.8 Å². The van der Waals surface area contributed by atoms with E-state index in [0.29, 0.717) is 0 Å². The second-order valence-electron chi connectivity index (χ2n) is 4.46. The number of hydrogen-bond acceptors (Lipinski definition) is 1. The molecule has 0 aromatic heterocycles. The predicted octanol–water partition coefficient (Wildman–Crippen LogP) is 3.98. The van der Waals surface area contributed by atoms with Crippen LogP contribution in [0, 0.1) is 16.3 Å². The molecule has 1 nitrogen and oxygen atoms in total. The highest BCUT2D eigenvalue weighted by Gasteiger charge is 2.11. The number of halogens is 2. The zero-order chi connectivity index (χ0) is 13.1. The Morgan fingerprint density at radius 2 is 1.83 bits per heavy atom. The highest BCUT2D eigenvalue weighted by molar-refractivity contribution is 14.1. The van der Waals surface area contributed by atoms with Gasteiger partial charge in [-0.2, -0.15) is 0 Å². The lowest BCUT2D eigenvalue weighted by molar-refractivity contribution is 0.622. The van der Waals surface area contributed by atoms with E-state index in [0.717, 1.165) is 15.6 Å². The Kier molecular flexibility index (Phi) is 4.35. The van der Waals surface area contributed by atoms with E-state index in [9.17, 15) is 4.39 Å². The molecule has 0 radical (unpaired) electrons. The monoisotopic (exact) mass is 355 g/mol. The van der Waals surface area contributed by atoms with Crippen LogP contribution in [0.4, 0.5) is 4.39 Å². The van der Waals surface area contributed by atoms with E-state index in [-0.39, 0.29) is 11.9 Å². The Labute approximate surface area is 120 Å². The lowest BCUT2D eigenvalue weighted by Gasteiger charge is -2.14. The van der Waals surface area contributed by atoms with Gasteiger partial charge in [-0.05, 0) is 59.2 Å². The fourth-order valence-corrected chi connectivity index (χ4v) is 2.77. The Hall–Kier alpha value is -0.940. The van der Waals surface area contributed by atoms with Crippen LogP contribution in [0.15, 0.2) is 42.5 Å². The number of aryl methyl sites for hydroxylation is 1. The molecule has 94 valence electrons. The van der Waals surface area contributed by atoms with Gasteiger partial charge in [0, 0.05) is 9.61 Å². The topological polar surface area (TPSA) is 26.0 Å². The van der Waals surface area contributed by atoms with Gasteiger partial charge in [0.2, 0.25) is 0 Å². The van der Waals surface area contributed by atoms with Crippen molar-refractivity contribution in [3.05, 3.63) is 68.5 Å². The maximum Gasteiger partial charge on any atom is 0.124 e. The van der Waals surface area contributed by atoms with Gasteiger partial charge in [-0.1, -0.05) is 35.9 Å². The average molecular weight is 355 g/mol. The molecule has 2 rings (SSSR count). The van der Waals surface area contributed by atoms with Crippen molar-refractivity contribution in [1.82, 2.24) is 0 Å². The fourth-order valence-electron chi connectivity index (χ4n) is 1.89. The van der Waals surface area contributed by atoms with Crippen LogP contribution in [0.3, 0.4) is 0 Å². The second-order valence-corrected chi connectivity index (χ2v) is 5.62. The van der Waals surface area contributed by atoms with Crippen molar-refractivity contribution in [1.29, 1.82) is 0 Å². The van der Waals surface area contributed by atoms with Crippen molar-refractivity contribution in [2.75, 3.05) is 0 Å². The van der Waals surface area contributed by atoms with Crippen LogP contribution in [-0.4, -0.2) is 0 Å². The molecule has 0 saturated heterocycles. The molecule has 2 aromatic rings. The standard InChI is InChI=1S/C15H15FIN/c1-10-2-4-11(5-3-10)8-15(18)13-7-6-12(16)9-14(13)17/h2-7,9,15H,8,18H2,1H3. The van der Waals surface area contributed by atoms with Crippen molar-refractivity contribution in [2.45, 2.75) is 19.4 Å². The minimum atomic E-state index is -0.217. The van der Waals surface area contributed by atoms with Crippen LogP contribution in [0.2, 0.25) is 0 Å². The summed E-state index contributed by atoms with van der Waals surface area (Å²) in [6.07, 6.45) is 0.766. The molecule has 2 N–H and O–H groups in total. The van der Waals surface area contributed by atoms with Gasteiger partial charge in [0.25, 0.3) is 0 Å². The summed E-state index contributed by atoms with van der Waals surface area (Å²) >= 11 is 2.13. The van der Waals surface area contributed by atoms with Gasteiger partial charge >= 0.3 is 0 Å². The Balaban J connectivity index is 2.16. The zero-order valence-corrected chi connectivity index (χ0v) is 12.3. The van der Waals surface area contributed by atoms with Gasteiger partial charge < -0.3 is 5.73 Å². The molecule has 3 heteroatoms. The third kappa shape index (κ3) is 3.29. The fraction of sp³-hybridized carbons (Fsp3) is 0.200. The molecule has 0 spiro atoms. The van der Waals surface area contributed by atoms with Gasteiger partial charge in [0.05, 0.1) is 0 Å². The smallest absolute Gasteiger partial charge is 0.124 e. The van der Waals surface area contributed by atoms with E-state index in [1.54, 1.807) is 6.07 Å². The molecule has 18 heavy (non-hydrogen) atoms. The minimum absolute atomic E-state index is 0.0970. The van der Waals surface area contributed by atoms with Crippen LogP contribution < -0.4 is 5.73 Å². The molecule has 1 atom stereocenters. The van der Waals surface area contributed by atoms with E-state index in [1.807, 2.05) is 0 Å². The molecule has 0 amide bonds. The molecule has 0 saturated carbocycles. The SMILES string of the molecule is Cc1ccc(CC(N)c2ccc(F)cc2I)cc1. The molecular formula is C15H15FIN. The van der Waals surface area contributed by atoms with Gasteiger partial charge in [-0.15, -0.1) is 0 Å². The van der Waals surface area contributed by atoms with Crippen molar-refractivity contribution < 1.29 is 4.39 Å². The zero-order valence-electron chi connectivity index (χ0n) is 10.2. The van der Waals surface area contributed by atoms with Crippen molar-refractivity contribution >= 4 is 22.6 Å². The van der Waals surface area contributed by atoms with Crippen LogP contribution in [-0.2, 0) is 6.42 Å².